The van der Waals surface area contributed by atoms with Crippen molar-refractivity contribution in [2.24, 2.45) is 0 Å². The molecule has 0 unspecified atom stereocenters. The molecule has 0 saturated carbocycles. The van der Waals surface area contributed by atoms with E-state index in [9.17, 15) is 0 Å². The fourth-order valence-corrected chi connectivity index (χ4v) is 10.1. The Hall–Kier alpha value is -4.68. The first-order valence-corrected chi connectivity index (χ1v) is 30.7. The van der Waals surface area contributed by atoms with Crippen LogP contribution in [0.2, 0.25) is 0 Å². The van der Waals surface area contributed by atoms with Gasteiger partial charge in [-0.1, -0.05) is 232 Å². The normalized spacial score (nSPS) is 16.1. The van der Waals surface area contributed by atoms with Crippen LogP contribution in [-0.2, 0) is 64.5 Å². The number of nitrogens with zero attached hydrogens (tertiary/aromatic N) is 5. The molecule has 0 aliphatic carbocycles. The molecule has 3 heterocycles. The van der Waals surface area contributed by atoms with Gasteiger partial charge in [0.2, 0.25) is 0 Å². The van der Waals surface area contributed by atoms with E-state index in [-0.39, 0.29) is 33.7 Å². The van der Waals surface area contributed by atoms with E-state index in [1.54, 1.807) is 0 Å². The summed E-state index contributed by atoms with van der Waals surface area (Å²) in [6.45, 7) is 55.5. The summed E-state index contributed by atoms with van der Waals surface area (Å²) < 4.78 is 5.39. The highest BCUT2D eigenvalue weighted by molar-refractivity contribution is 5.34. The third kappa shape index (κ3) is 26.1. The maximum absolute atomic E-state index is 8.86. The van der Waals surface area contributed by atoms with Gasteiger partial charge in [-0.3, -0.25) is 19.6 Å². The summed E-state index contributed by atoms with van der Waals surface area (Å²) >= 11 is 0. The number of nitrogens with one attached hydrogen (secondary N) is 2. The zero-order valence-electron chi connectivity index (χ0n) is 55.1. The van der Waals surface area contributed by atoms with Gasteiger partial charge in [-0.05, 0) is 104 Å². The molecule has 3 saturated heterocycles. The van der Waals surface area contributed by atoms with Crippen LogP contribution in [-0.4, -0.2) is 136 Å². The topological polar surface area (TPSA) is 69.7 Å². The Morgan fingerprint density at radius 3 is 1.52 bits per heavy atom. The van der Waals surface area contributed by atoms with Crippen molar-refractivity contribution in [1.29, 1.82) is 0 Å². The quantitative estimate of drug-likeness (QED) is 0.113. The third-order valence-electron chi connectivity index (χ3n) is 15.5. The number of aliphatic hydroxyl groups is 1. The second-order valence-corrected chi connectivity index (χ2v) is 28.4. The maximum Gasteiger partial charge on any atom is 0.0594 e. The van der Waals surface area contributed by atoms with Crippen LogP contribution in [0.25, 0.3) is 0 Å². The predicted molar refractivity (Wildman–Crippen MR) is 353 cm³/mol. The van der Waals surface area contributed by atoms with Gasteiger partial charge in [-0.15, -0.1) is 0 Å². The van der Waals surface area contributed by atoms with Gasteiger partial charge >= 0.3 is 0 Å². The van der Waals surface area contributed by atoms with Crippen molar-refractivity contribution in [3.63, 3.8) is 0 Å². The number of rotatable bonds is 12. The molecule has 0 atom stereocenters. The first-order valence-electron chi connectivity index (χ1n) is 30.7. The van der Waals surface area contributed by atoms with Gasteiger partial charge in [0.25, 0.3) is 0 Å². The van der Waals surface area contributed by atoms with Gasteiger partial charge in [0.1, 0.15) is 0 Å². The maximum atomic E-state index is 8.86. The Morgan fingerprint density at radius 1 is 0.524 bits per heavy atom. The molecule has 3 aliphatic rings. The molecule has 5 aromatic rings. The minimum absolute atomic E-state index is 0.200. The van der Waals surface area contributed by atoms with Crippen molar-refractivity contribution >= 4 is 0 Å². The molecular formula is C73H115N7O2. The van der Waals surface area contributed by atoms with Crippen LogP contribution in [0.4, 0.5) is 0 Å². The van der Waals surface area contributed by atoms with Crippen molar-refractivity contribution in [3.8, 4) is 0 Å². The molecule has 3 fully saturated rings. The van der Waals surface area contributed by atoms with Crippen molar-refractivity contribution in [1.82, 2.24) is 35.1 Å². The highest BCUT2D eigenvalue weighted by Crippen LogP contribution is 2.29. The van der Waals surface area contributed by atoms with Crippen LogP contribution in [0.15, 0.2) is 134 Å². The van der Waals surface area contributed by atoms with Crippen molar-refractivity contribution < 1.29 is 9.84 Å². The van der Waals surface area contributed by atoms with Crippen molar-refractivity contribution in [3.05, 3.63) is 189 Å². The van der Waals surface area contributed by atoms with E-state index in [0.717, 1.165) is 90.9 Å². The molecule has 0 radical (unpaired) electrons. The van der Waals surface area contributed by atoms with Gasteiger partial charge in [-0.2, -0.15) is 0 Å². The molecular weight excluding hydrogens is 1010 g/mol. The zero-order valence-corrected chi connectivity index (χ0v) is 55.1. The van der Waals surface area contributed by atoms with Gasteiger partial charge in [0.05, 0.1) is 19.8 Å². The van der Waals surface area contributed by atoms with Crippen LogP contribution < -0.4 is 10.6 Å². The summed E-state index contributed by atoms with van der Waals surface area (Å²) in [5.74, 6) is 0. The molecule has 3 N–H and O–H groups in total. The summed E-state index contributed by atoms with van der Waals surface area (Å²) in [6, 6.07) is 44.4. The lowest BCUT2D eigenvalue weighted by Crippen LogP contribution is -2.43. The number of hydrogen-bond acceptors (Lipinski definition) is 9. The molecule has 0 spiro atoms. The van der Waals surface area contributed by atoms with Crippen molar-refractivity contribution in [2.45, 2.75) is 164 Å². The molecule has 5 aromatic carbocycles. The second-order valence-electron chi connectivity index (χ2n) is 28.4. The zero-order chi connectivity index (χ0) is 60.7. The number of hydrogen-bond donors (Lipinski definition) is 3. The summed E-state index contributed by atoms with van der Waals surface area (Å²) in [6.07, 6.45) is 0. The molecule has 9 heteroatoms. The standard InChI is InChI=1S/C16H26N2.C16H24N2.C15H23NO.C14H23NO.C12H19N/c1-16(2,3)15-7-5-14(6-8-15)13-18-11-9-17(4)10-12-18;1-13-11-18(9-8-17-13)12-14-6-5-7-15(10-14)16(2,3)4;1-15(2,3)14-7-5-4-6-13(14)12-16-8-10-17-11-9-16;1-14(2,3)13-7-5-6-12(10-13)11-15(4)8-9-16;1-12(2,3)11-7-5-6-10(8-11)9-13-4/h5-8H,9-13H2,1-4H3;5-7,10,17H,1,8-9,11-12H2,2-4H3;4-7H,8-12H2,1-3H3;5-7,10,16H,8-9,11H2,1-4H3;5-8,13H,9H2,1-4H3. The molecule has 8 rings (SSSR count). The molecule has 0 bridgehead atoms. The first-order chi connectivity index (χ1) is 38.4. The third-order valence-corrected chi connectivity index (χ3v) is 15.5. The number of piperazine rings is 2. The Bertz CT molecular complexity index is 2590. The number of benzene rings is 5. The van der Waals surface area contributed by atoms with Crippen LogP contribution in [0.1, 0.15) is 159 Å². The van der Waals surface area contributed by atoms with Gasteiger partial charge in [0.15, 0.2) is 0 Å². The minimum atomic E-state index is 0.200. The first kappa shape index (κ1) is 69.8. The average molecular weight is 1120 g/mol. The number of aliphatic hydroxyl groups excluding tert-OH is 1. The van der Waals surface area contributed by atoms with Crippen LogP contribution in [0.5, 0.6) is 0 Å². The molecule has 82 heavy (non-hydrogen) atoms. The Balaban J connectivity index is 0.000000221. The van der Waals surface area contributed by atoms with Gasteiger partial charge < -0.3 is 25.4 Å². The Morgan fingerprint density at radius 2 is 1.01 bits per heavy atom. The molecule has 0 amide bonds. The monoisotopic (exact) mass is 1120 g/mol. The predicted octanol–water partition coefficient (Wildman–Crippen LogP) is 13.6. The van der Waals surface area contributed by atoms with Crippen LogP contribution in [0.3, 0.4) is 0 Å². The number of ether oxygens (including phenoxy) is 1. The SMILES string of the molecule is C=C1CN(Cc2cccc(C(C)(C)C)c2)CCN1.CC(C)(C)c1ccccc1CN1CCOCC1.CN(CCO)Cc1cccc(C(C)(C)C)c1.CN1CCN(Cc2ccc(C(C)(C)C)cc2)CC1.CNCc1cccc(C(C)(C)C)c1. The minimum Gasteiger partial charge on any atom is -0.395 e. The number of likely N-dealkylation sites (N-methyl/N-ethyl adjacent to an activating group) is 2. The van der Waals surface area contributed by atoms with E-state index in [1.807, 2.05) is 14.1 Å². The van der Waals surface area contributed by atoms with E-state index in [0.29, 0.717) is 0 Å². The highest BCUT2D eigenvalue weighted by atomic mass is 16.5. The fraction of sp³-hybridized carbons (Fsp3) is 0.562. The highest BCUT2D eigenvalue weighted by Gasteiger charge is 2.22. The average Bonchev–Trinajstić information content (AvgIpc) is 3.55. The Labute approximate surface area is 501 Å². The van der Waals surface area contributed by atoms with E-state index in [2.05, 4.69) is 274 Å². The molecule has 9 nitrogen and oxygen atoms in total. The van der Waals surface area contributed by atoms with Crippen molar-refractivity contribution in [2.75, 3.05) is 106 Å². The number of morpholine rings is 1. The van der Waals surface area contributed by atoms with E-state index in [1.165, 1.54) is 81.8 Å². The largest absolute Gasteiger partial charge is 0.395 e. The lowest BCUT2D eigenvalue weighted by Gasteiger charge is -2.32. The summed E-state index contributed by atoms with van der Waals surface area (Å²) in [5.41, 5.74) is 16.3. The van der Waals surface area contributed by atoms with Crippen LogP contribution >= 0.6 is 0 Å². The van der Waals surface area contributed by atoms with E-state index in [4.69, 9.17) is 9.84 Å². The summed E-state index contributed by atoms with van der Waals surface area (Å²) in [4.78, 5) is 12.0. The van der Waals surface area contributed by atoms with E-state index < -0.39 is 0 Å². The summed E-state index contributed by atoms with van der Waals surface area (Å²) in [5, 5.41) is 15.3. The van der Waals surface area contributed by atoms with Crippen LogP contribution in [0, 0.1) is 0 Å². The second kappa shape index (κ2) is 33.1. The van der Waals surface area contributed by atoms with Gasteiger partial charge in [-0.25, -0.2) is 0 Å². The smallest absolute Gasteiger partial charge is 0.0594 e. The van der Waals surface area contributed by atoms with E-state index >= 15 is 0 Å². The molecule has 0 aromatic heterocycles. The summed E-state index contributed by atoms with van der Waals surface area (Å²) in [7, 11) is 6.21. The molecule has 3 aliphatic heterocycles. The Kier molecular flexibility index (Phi) is 28.2. The lowest BCUT2D eigenvalue weighted by atomic mass is 9.83. The lowest BCUT2D eigenvalue weighted by molar-refractivity contribution is 0.0340. The fourth-order valence-electron chi connectivity index (χ4n) is 10.1. The molecule has 454 valence electrons. The van der Waals surface area contributed by atoms with Gasteiger partial charge in [0, 0.05) is 104 Å².